The SMILES string of the molecule is COC(=O)[C@H](CNC(=O)c1ccc2c(CCCNc3ccccn3)nn(C)c2c1)NS(=O)(=O)c1c(C)cc(OCCCC(=O)NCCNC(=O)OCc2ccccc2)cc1C. The molecule has 0 saturated heterocycles. The van der Waals surface area contributed by atoms with E-state index in [4.69, 9.17) is 14.2 Å². The molecule has 0 spiro atoms. The lowest BCUT2D eigenvalue weighted by Gasteiger charge is -2.20. The van der Waals surface area contributed by atoms with Gasteiger partial charge in [0.05, 0.1) is 29.8 Å². The first kappa shape index (κ1) is 45.6. The second-order valence-corrected chi connectivity index (χ2v) is 15.8. The first-order valence-corrected chi connectivity index (χ1v) is 21.3. The van der Waals surface area contributed by atoms with Gasteiger partial charge in [-0.2, -0.15) is 9.82 Å². The number of fused-ring (bicyclic) bond motifs is 1. The molecule has 0 unspecified atom stereocenters. The molecular formula is C43H52N8O9S. The Bertz CT molecular complexity index is 2370. The number of amides is 3. The van der Waals surface area contributed by atoms with Gasteiger partial charge in [0.25, 0.3) is 5.91 Å². The van der Waals surface area contributed by atoms with E-state index in [-0.39, 0.29) is 50.1 Å². The Kier molecular flexibility index (Phi) is 16.6. The summed E-state index contributed by atoms with van der Waals surface area (Å²) in [6.07, 6.45) is 3.22. The number of esters is 1. The molecule has 0 bridgehead atoms. The number of sulfonamides is 1. The summed E-state index contributed by atoms with van der Waals surface area (Å²) in [6, 6.07) is 21.8. The topological polar surface area (TPSA) is 221 Å². The zero-order valence-electron chi connectivity index (χ0n) is 34.7. The second kappa shape index (κ2) is 22.2. The number of pyridine rings is 1. The Morgan fingerprint density at radius 1 is 0.852 bits per heavy atom. The van der Waals surface area contributed by atoms with Crippen molar-refractivity contribution in [3.63, 3.8) is 0 Å². The molecule has 2 aromatic heterocycles. The van der Waals surface area contributed by atoms with Crippen LogP contribution < -0.4 is 30.7 Å². The molecule has 5 aromatic rings. The Balaban J connectivity index is 1.07. The number of aromatic nitrogens is 3. The number of carbonyl (C=O) groups excluding carboxylic acids is 4. The molecule has 0 aliphatic rings. The van der Waals surface area contributed by atoms with Crippen LogP contribution in [0.4, 0.5) is 10.6 Å². The van der Waals surface area contributed by atoms with Gasteiger partial charge in [0.1, 0.15) is 24.2 Å². The monoisotopic (exact) mass is 856 g/mol. The maximum Gasteiger partial charge on any atom is 0.407 e. The molecule has 61 heavy (non-hydrogen) atoms. The van der Waals surface area contributed by atoms with Crippen LogP contribution in [0.25, 0.3) is 10.9 Å². The van der Waals surface area contributed by atoms with Crippen LogP contribution in [0.3, 0.4) is 0 Å². The van der Waals surface area contributed by atoms with Crippen molar-refractivity contribution in [3.8, 4) is 5.75 Å². The Labute approximate surface area is 355 Å². The third-order valence-electron chi connectivity index (χ3n) is 9.45. The number of carbonyl (C=O) groups is 4. The molecule has 0 saturated carbocycles. The van der Waals surface area contributed by atoms with E-state index in [0.717, 1.165) is 41.5 Å². The zero-order chi connectivity index (χ0) is 43.8. The minimum atomic E-state index is -4.30. The average Bonchev–Trinajstić information content (AvgIpc) is 3.57. The van der Waals surface area contributed by atoms with Gasteiger partial charge in [-0.1, -0.05) is 42.5 Å². The summed E-state index contributed by atoms with van der Waals surface area (Å²) < 4.78 is 47.3. The van der Waals surface area contributed by atoms with E-state index in [0.29, 0.717) is 41.8 Å². The first-order chi connectivity index (χ1) is 29.3. The molecule has 324 valence electrons. The largest absolute Gasteiger partial charge is 0.494 e. The molecule has 3 aromatic carbocycles. The van der Waals surface area contributed by atoms with Crippen molar-refractivity contribution in [2.45, 2.75) is 57.1 Å². The lowest BCUT2D eigenvalue weighted by molar-refractivity contribution is -0.142. The molecule has 1 atom stereocenters. The number of nitrogens with one attached hydrogen (secondary N) is 5. The van der Waals surface area contributed by atoms with Gasteiger partial charge in [0.15, 0.2) is 0 Å². The Morgan fingerprint density at radius 3 is 2.31 bits per heavy atom. The highest BCUT2D eigenvalue weighted by atomic mass is 32.2. The average molecular weight is 857 g/mol. The van der Waals surface area contributed by atoms with E-state index in [9.17, 15) is 27.6 Å². The summed E-state index contributed by atoms with van der Waals surface area (Å²) in [5.41, 5.74) is 3.52. The van der Waals surface area contributed by atoms with Gasteiger partial charge in [0, 0.05) is 56.8 Å². The molecule has 0 fully saturated rings. The third-order valence-corrected chi connectivity index (χ3v) is 11.2. The Morgan fingerprint density at radius 2 is 1.59 bits per heavy atom. The number of hydrogen-bond donors (Lipinski definition) is 5. The first-order valence-electron chi connectivity index (χ1n) is 19.8. The second-order valence-electron chi connectivity index (χ2n) is 14.1. The molecule has 0 radical (unpaired) electrons. The number of aryl methyl sites for hydroxylation is 4. The summed E-state index contributed by atoms with van der Waals surface area (Å²) >= 11 is 0. The van der Waals surface area contributed by atoms with E-state index >= 15 is 0 Å². The number of methoxy groups -OCH3 is 1. The van der Waals surface area contributed by atoms with E-state index in [1.165, 1.54) is 0 Å². The quantitative estimate of drug-likeness (QED) is 0.0491. The molecule has 5 rings (SSSR count). The van der Waals surface area contributed by atoms with Crippen molar-refractivity contribution in [1.29, 1.82) is 0 Å². The van der Waals surface area contributed by atoms with Gasteiger partial charge in [-0.05, 0) is 86.2 Å². The van der Waals surface area contributed by atoms with E-state index in [1.54, 1.807) is 56.0 Å². The van der Waals surface area contributed by atoms with Crippen molar-refractivity contribution in [2.24, 2.45) is 7.05 Å². The number of anilines is 1. The van der Waals surface area contributed by atoms with Gasteiger partial charge in [-0.3, -0.25) is 19.1 Å². The standard InChI is InChI=1S/C43H52N8O9S/c1-29-24-33(59-23-11-16-39(52)46-21-22-47-43(55)60-28-31-12-6-5-7-13-31)25-30(2)40(29)61(56,57)50-36(42(54)58-4)27-48-41(53)32-17-18-34-35(49-51(3)37(34)26-32)14-10-20-45-38-15-8-9-19-44-38/h5-9,12-13,15,17-19,24-26,36,50H,10-11,14,16,20-23,27-28H2,1-4H3,(H,44,45)(H,46,52)(H,47,55)(H,48,53)/t36-/m0/s1. The zero-order valence-corrected chi connectivity index (χ0v) is 35.5. The Hall–Kier alpha value is -6.53. The maximum atomic E-state index is 13.7. The highest BCUT2D eigenvalue weighted by Crippen LogP contribution is 2.27. The van der Waals surface area contributed by atoms with E-state index in [1.807, 2.05) is 54.6 Å². The van der Waals surface area contributed by atoms with Crippen LogP contribution in [0.1, 0.15) is 52.0 Å². The number of alkyl carbamates (subject to hydrolysis) is 1. The fourth-order valence-corrected chi connectivity index (χ4v) is 8.16. The van der Waals surface area contributed by atoms with Gasteiger partial charge in [0.2, 0.25) is 15.9 Å². The van der Waals surface area contributed by atoms with Crippen LogP contribution in [0, 0.1) is 13.8 Å². The van der Waals surface area contributed by atoms with Gasteiger partial charge < -0.3 is 35.5 Å². The minimum absolute atomic E-state index is 0.0537. The summed E-state index contributed by atoms with van der Waals surface area (Å²) in [7, 11) is -1.37. The van der Waals surface area contributed by atoms with Gasteiger partial charge in [-0.25, -0.2) is 18.2 Å². The van der Waals surface area contributed by atoms with Crippen molar-refractivity contribution >= 4 is 50.6 Å². The van der Waals surface area contributed by atoms with Crippen LogP contribution in [-0.2, 0) is 49.2 Å². The molecule has 5 N–H and O–H groups in total. The number of benzene rings is 3. The van der Waals surface area contributed by atoms with Crippen molar-refractivity contribution < 1.29 is 41.8 Å². The summed E-state index contributed by atoms with van der Waals surface area (Å²) in [4.78, 5) is 54.4. The lowest BCUT2D eigenvalue weighted by atomic mass is 10.1. The summed E-state index contributed by atoms with van der Waals surface area (Å²) in [6.45, 7) is 4.28. The van der Waals surface area contributed by atoms with Crippen molar-refractivity contribution in [1.82, 2.24) is 35.4 Å². The van der Waals surface area contributed by atoms with E-state index in [2.05, 4.69) is 36.1 Å². The number of ether oxygens (including phenoxy) is 3. The molecule has 17 nitrogen and oxygen atoms in total. The van der Waals surface area contributed by atoms with Gasteiger partial charge >= 0.3 is 12.1 Å². The lowest BCUT2D eigenvalue weighted by Crippen LogP contribution is -2.49. The van der Waals surface area contributed by atoms with Crippen LogP contribution in [0.2, 0.25) is 0 Å². The van der Waals surface area contributed by atoms with Crippen LogP contribution in [-0.4, -0.2) is 93.0 Å². The highest BCUT2D eigenvalue weighted by molar-refractivity contribution is 7.89. The van der Waals surface area contributed by atoms with E-state index < -0.39 is 34.0 Å². The third kappa shape index (κ3) is 13.5. The summed E-state index contributed by atoms with van der Waals surface area (Å²) in [5.74, 6) is -0.420. The number of rotatable bonds is 22. The van der Waals surface area contributed by atoms with Crippen molar-refractivity contribution in [2.75, 3.05) is 45.2 Å². The van der Waals surface area contributed by atoms with Crippen molar-refractivity contribution in [3.05, 3.63) is 113 Å². The fraction of sp³-hybridized carbons (Fsp3) is 0.349. The van der Waals surface area contributed by atoms with Crippen LogP contribution >= 0.6 is 0 Å². The number of hydrogen-bond acceptors (Lipinski definition) is 12. The molecule has 3 amide bonds. The molecular weight excluding hydrogens is 805 g/mol. The number of nitrogens with zero attached hydrogens (tertiary/aromatic N) is 3. The normalized spacial score (nSPS) is 11.7. The fourth-order valence-electron chi connectivity index (χ4n) is 6.53. The van der Waals surface area contributed by atoms with Crippen LogP contribution in [0.15, 0.2) is 90.0 Å². The predicted molar refractivity (Wildman–Crippen MR) is 229 cm³/mol. The summed E-state index contributed by atoms with van der Waals surface area (Å²) in [5, 5.41) is 16.8. The molecule has 18 heteroatoms. The predicted octanol–water partition coefficient (Wildman–Crippen LogP) is 4.08. The maximum absolute atomic E-state index is 13.7. The molecule has 0 aliphatic heterocycles. The smallest absolute Gasteiger partial charge is 0.407 e. The van der Waals surface area contributed by atoms with Crippen LogP contribution in [0.5, 0.6) is 5.75 Å². The molecule has 0 aliphatic carbocycles. The highest BCUT2D eigenvalue weighted by Gasteiger charge is 2.30. The minimum Gasteiger partial charge on any atom is -0.494 e. The van der Waals surface area contributed by atoms with Gasteiger partial charge in [-0.15, -0.1) is 0 Å². The molecule has 2 heterocycles.